The van der Waals surface area contributed by atoms with E-state index in [1.807, 2.05) is 31.2 Å². The number of Topliss-reactive ketones (excluding diaryl/α,β-unsaturated/α-hetero) is 1. The molecule has 0 aromatic heterocycles. The SMILES string of the molecule is CCCCCCCC(=O)CCCC(=O)Nc1ccc(C)cc1. The van der Waals surface area contributed by atoms with Gasteiger partial charge in [0, 0.05) is 24.9 Å². The highest BCUT2D eigenvalue weighted by atomic mass is 16.1. The third kappa shape index (κ3) is 8.60. The van der Waals surface area contributed by atoms with Gasteiger partial charge in [-0.2, -0.15) is 0 Å². The second kappa shape index (κ2) is 11.0. The third-order valence-electron chi connectivity index (χ3n) is 3.75. The van der Waals surface area contributed by atoms with Gasteiger partial charge >= 0.3 is 0 Å². The summed E-state index contributed by atoms with van der Waals surface area (Å²) in [6.07, 6.45) is 8.10. The maximum Gasteiger partial charge on any atom is 0.224 e. The van der Waals surface area contributed by atoms with Crippen LogP contribution in [0.4, 0.5) is 5.69 Å². The fourth-order valence-electron chi connectivity index (χ4n) is 2.36. The van der Waals surface area contributed by atoms with E-state index in [0.29, 0.717) is 31.5 Å². The summed E-state index contributed by atoms with van der Waals surface area (Å²) < 4.78 is 0. The van der Waals surface area contributed by atoms with E-state index in [1.54, 1.807) is 0 Å². The van der Waals surface area contributed by atoms with Crippen LogP contribution in [-0.2, 0) is 9.59 Å². The summed E-state index contributed by atoms with van der Waals surface area (Å²) >= 11 is 0. The molecule has 22 heavy (non-hydrogen) atoms. The van der Waals surface area contributed by atoms with Crippen LogP contribution in [0.25, 0.3) is 0 Å². The summed E-state index contributed by atoms with van der Waals surface area (Å²) in [4.78, 5) is 23.5. The first-order valence-electron chi connectivity index (χ1n) is 8.50. The number of carbonyl (C=O) groups excluding carboxylic acids is 2. The number of benzene rings is 1. The van der Waals surface area contributed by atoms with Gasteiger partial charge in [0.2, 0.25) is 5.91 Å². The molecule has 0 aliphatic heterocycles. The van der Waals surface area contributed by atoms with Crippen LogP contribution >= 0.6 is 0 Å². The average Bonchev–Trinajstić information content (AvgIpc) is 2.49. The highest BCUT2D eigenvalue weighted by Crippen LogP contribution is 2.11. The molecule has 0 radical (unpaired) electrons. The van der Waals surface area contributed by atoms with Crippen LogP contribution in [0.5, 0.6) is 0 Å². The number of nitrogens with one attached hydrogen (secondary N) is 1. The van der Waals surface area contributed by atoms with E-state index in [2.05, 4.69) is 12.2 Å². The summed E-state index contributed by atoms with van der Waals surface area (Å²) in [5.41, 5.74) is 1.99. The number of unbranched alkanes of at least 4 members (excludes halogenated alkanes) is 4. The first-order chi connectivity index (χ1) is 10.6. The Balaban J connectivity index is 2.09. The molecule has 1 rings (SSSR count). The largest absolute Gasteiger partial charge is 0.326 e. The van der Waals surface area contributed by atoms with Crippen LogP contribution in [0.1, 0.15) is 70.3 Å². The molecule has 3 nitrogen and oxygen atoms in total. The van der Waals surface area contributed by atoms with Crippen LogP contribution in [-0.4, -0.2) is 11.7 Å². The second-order valence-electron chi connectivity index (χ2n) is 5.97. The summed E-state index contributed by atoms with van der Waals surface area (Å²) in [6.45, 7) is 4.20. The van der Waals surface area contributed by atoms with E-state index < -0.39 is 0 Å². The maximum absolute atomic E-state index is 11.8. The van der Waals surface area contributed by atoms with Gasteiger partial charge in [-0.25, -0.2) is 0 Å². The van der Waals surface area contributed by atoms with Gasteiger partial charge in [-0.3, -0.25) is 9.59 Å². The number of rotatable bonds is 11. The molecule has 3 heteroatoms. The van der Waals surface area contributed by atoms with Gasteiger partial charge in [-0.15, -0.1) is 0 Å². The molecule has 1 aromatic carbocycles. The zero-order chi connectivity index (χ0) is 16.2. The van der Waals surface area contributed by atoms with Crippen LogP contribution in [0.2, 0.25) is 0 Å². The van der Waals surface area contributed by atoms with E-state index in [4.69, 9.17) is 0 Å². The molecule has 0 aliphatic rings. The Labute approximate surface area is 134 Å². The minimum atomic E-state index is -0.0143. The molecule has 0 saturated heterocycles. The predicted octanol–water partition coefficient (Wildman–Crippen LogP) is 5.03. The molecule has 0 spiro atoms. The Morgan fingerprint density at radius 1 is 0.864 bits per heavy atom. The van der Waals surface area contributed by atoms with E-state index in [-0.39, 0.29) is 5.91 Å². The number of aryl methyl sites for hydroxylation is 1. The monoisotopic (exact) mass is 303 g/mol. The highest BCUT2D eigenvalue weighted by molar-refractivity contribution is 5.91. The van der Waals surface area contributed by atoms with Gasteiger partial charge in [0.25, 0.3) is 0 Å². The van der Waals surface area contributed by atoms with Crippen molar-refractivity contribution in [1.82, 2.24) is 0 Å². The van der Waals surface area contributed by atoms with E-state index in [9.17, 15) is 9.59 Å². The smallest absolute Gasteiger partial charge is 0.224 e. The van der Waals surface area contributed by atoms with Crippen molar-refractivity contribution in [2.75, 3.05) is 5.32 Å². The van der Waals surface area contributed by atoms with E-state index in [0.717, 1.165) is 18.5 Å². The van der Waals surface area contributed by atoms with Gasteiger partial charge in [0.1, 0.15) is 5.78 Å². The third-order valence-corrected chi connectivity index (χ3v) is 3.75. The van der Waals surface area contributed by atoms with Crippen molar-refractivity contribution < 1.29 is 9.59 Å². The van der Waals surface area contributed by atoms with Crippen LogP contribution < -0.4 is 5.32 Å². The van der Waals surface area contributed by atoms with Crippen molar-refractivity contribution in [3.63, 3.8) is 0 Å². The Kier molecular flexibility index (Phi) is 9.20. The molecule has 1 amide bonds. The van der Waals surface area contributed by atoms with Gasteiger partial charge < -0.3 is 5.32 Å². The number of amides is 1. The maximum atomic E-state index is 11.8. The molecule has 0 unspecified atom stereocenters. The Hall–Kier alpha value is -1.64. The Bertz CT molecular complexity index is 451. The number of anilines is 1. The van der Waals surface area contributed by atoms with Crippen LogP contribution in [0.3, 0.4) is 0 Å². The quantitative estimate of drug-likeness (QED) is 0.582. The topological polar surface area (TPSA) is 46.2 Å². The van der Waals surface area contributed by atoms with Crippen molar-refractivity contribution in [3.8, 4) is 0 Å². The molecule has 1 aromatic rings. The number of carbonyl (C=O) groups is 2. The molecule has 0 saturated carbocycles. The van der Waals surface area contributed by atoms with Crippen molar-refractivity contribution in [1.29, 1.82) is 0 Å². The van der Waals surface area contributed by atoms with Crippen molar-refractivity contribution >= 4 is 17.4 Å². The lowest BCUT2D eigenvalue weighted by Gasteiger charge is -2.05. The normalized spacial score (nSPS) is 10.5. The van der Waals surface area contributed by atoms with Crippen molar-refractivity contribution in [3.05, 3.63) is 29.8 Å². The van der Waals surface area contributed by atoms with Gasteiger partial charge in [0.05, 0.1) is 0 Å². The summed E-state index contributed by atoms with van der Waals surface area (Å²) in [7, 11) is 0. The average molecular weight is 303 g/mol. The predicted molar refractivity (Wildman–Crippen MR) is 92.0 cm³/mol. The lowest BCUT2D eigenvalue weighted by Crippen LogP contribution is -2.11. The number of ketones is 1. The minimum Gasteiger partial charge on any atom is -0.326 e. The zero-order valence-corrected chi connectivity index (χ0v) is 14.0. The Morgan fingerprint density at radius 2 is 1.50 bits per heavy atom. The van der Waals surface area contributed by atoms with E-state index >= 15 is 0 Å². The minimum absolute atomic E-state index is 0.0143. The molecular weight excluding hydrogens is 274 g/mol. The van der Waals surface area contributed by atoms with Gasteiger partial charge in [-0.1, -0.05) is 50.3 Å². The lowest BCUT2D eigenvalue weighted by atomic mass is 10.1. The van der Waals surface area contributed by atoms with Crippen LogP contribution in [0, 0.1) is 6.92 Å². The molecule has 122 valence electrons. The fourth-order valence-corrected chi connectivity index (χ4v) is 2.36. The Morgan fingerprint density at radius 3 is 2.18 bits per heavy atom. The molecular formula is C19H29NO2. The van der Waals surface area contributed by atoms with E-state index in [1.165, 1.54) is 24.8 Å². The molecule has 0 atom stereocenters. The summed E-state index contributed by atoms with van der Waals surface area (Å²) in [6, 6.07) is 7.73. The fraction of sp³-hybridized carbons (Fsp3) is 0.579. The molecule has 0 fully saturated rings. The zero-order valence-electron chi connectivity index (χ0n) is 14.0. The second-order valence-corrected chi connectivity index (χ2v) is 5.97. The molecule has 0 heterocycles. The van der Waals surface area contributed by atoms with Crippen LogP contribution in [0.15, 0.2) is 24.3 Å². The first-order valence-corrected chi connectivity index (χ1v) is 8.50. The lowest BCUT2D eigenvalue weighted by molar-refractivity contribution is -0.119. The van der Waals surface area contributed by atoms with Gasteiger partial charge in [0.15, 0.2) is 0 Å². The highest BCUT2D eigenvalue weighted by Gasteiger charge is 2.06. The molecule has 1 N–H and O–H groups in total. The van der Waals surface area contributed by atoms with Crippen molar-refractivity contribution in [2.45, 2.75) is 71.6 Å². The number of hydrogen-bond donors (Lipinski definition) is 1. The summed E-state index contributed by atoms with van der Waals surface area (Å²) in [5, 5.41) is 2.86. The standard InChI is InChI=1S/C19H29NO2/c1-3-4-5-6-7-9-18(21)10-8-11-19(22)20-17-14-12-16(2)13-15-17/h12-15H,3-11H2,1-2H3,(H,20,22). The molecule has 0 bridgehead atoms. The van der Waals surface area contributed by atoms with Crippen molar-refractivity contribution in [2.24, 2.45) is 0 Å². The number of hydrogen-bond acceptors (Lipinski definition) is 2. The summed E-state index contributed by atoms with van der Waals surface area (Å²) in [5.74, 6) is 0.277. The van der Waals surface area contributed by atoms with Gasteiger partial charge in [-0.05, 0) is 31.9 Å². The molecule has 0 aliphatic carbocycles. The first kappa shape index (κ1) is 18.4.